The third-order valence-corrected chi connectivity index (χ3v) is 4.49. The summed E-state index contributed by atoms with van der Waals surface area (Å²) < 4.78 is 0. The van der Waals surface area contributed by atoms with Crippen LogP contribution in [0.1, 0.15) is 26.0 Å². The number of H-pyrrole nitrogens is 1. The summed E-state index contributed by atoms with van der Waals surface area (Å²) in [4.78, 5) is 36.5. The van der Waals surface area contributed by atoms with Crippen LogP contribution in [0, 0.1) is 5.41 Å². The van der Waals surface area contributed by atoms with Crippen molar-refractivity contribution in [2.45, 2.75) is 26.7 Å². The number of carboxylic acid groups (broad SMARTS) is 1. The first-order valence-electron chi connectivity index (χ1n) is 7.96. The molecular formula is C17H20N4O3. The van der Waals surface area contributed by atoms with Gasteiger partial charge in [0.2, 0.25) is 0 Å². The maximum Gasteiger partial charge on any atom is 0.311 e. The Morgan fingerprint density at radius 2 is 2.25 bits per heavy atom. The van der Waals surface area contributed by atoms with Crippen molar-refractivity contribution in [3.05, 3.63) is 40.4 Å². The van der Waals surface area contributed by atoms with Gasteiger partial charge in [-0.25, -0.2) is 9.97 Å². The molecule has 0 radical (unpaired) electrons. The Balaban J connectivity index is 1.83. The van der Waals surface area contributed by atoms with Crippen LogP contribution in [0.4, 0.5) is 5.82 Å². The minimum atomic E-state index is -0.778. The highest BCUT2D eigenvalue weighted by Crippen LogP contribution is 2.32. The maximum absolute atomic E-state index is 11.7. The lowest BCUT2D eigenvalue weighted by atomic mass is 9.90. The lowest BCUT2D eigenvalue weighted by Crippen LogP contribution is -2.31. The molecule has 2 aromatic rings. The van der Waals surface area contributed by atoms with Crippen molar-refractivity contribution >= 4 is 11.8 Å². The summed E-state index contributed by atoms with van der Waals surface area (Å²) >= 11 is 0. The number of nitrogens with one attached hydrogen (secondary N) is 1. The van der Waals surface area contributed by atoms with Crippen LogP contribution >= 0.6 is 0 Å². The Kier molecular flexibility index (Phi) is 4.09. The fourth-order valence-corrected chi connectivity index (χ4v) is 2.87. The first-order valence-corrected chi connectivity index (χ1v) is 7.96. The van der Waals surface area contributed by atoms with Gasteiger partial charge < -0.3 is 15.0 Å². The van der Waals surface area contributed by atoms with Crippen LogP contribution in [-0.4, -0.2) is 39.1 Å². The van der Waals surface area contributed by atoms with Crippen molar-refractivity contribution in [1.29, 1.82) is 0 Å². The average molecular weight is 328 g/mol. The summed E-state index contributed by atoms with van der Waals surface area (Å²) in [7, 11) is 0. The number of hydrogen-bond donors (Lipinski definition) is 2. The van der Waals surface area contributed by atoms with E-state index in [0.717, 1.165) is 17.1 Å². The molecule has 0 aromatic carbocycles. The van der Waals surface area contributed by atoms with Crippen molar-refractivity contribution in [2.75, 3.05) is 18.0 Å². The maximum atomic E-state index is 11.7. The van der Waals surface area contributed by atoms with Crippen LogP contribution in [0.3, 0.4) is 0 Å². The van der Waals surface area contributed by atoms with Gasteiger partial charge in [0.15, 0.2) is 0 Å². The van der Waals surface area contributed by atoms with Gasteiger partial charge in [0.25, 0.3) is 5.56 Å². The number of carboxylic acids is 1. The zero-order valence-electron chi connectivity index (χ0n) is 13.7. The van der Waals surface area contributed by atoms with Gasteiger partial charge in [0, 0.05) is 36.6 Å². The predicted molar refractivity (Wildman–Crippen MR) is 90.0 cm³/mol. The van der Waals surface area contributed by atoms with Gasteiger partial charge in [-0.15, -0.1) is 0 Å². The summed E-state index contributed by atoms with van der Waals surface area (Å²) in [5, 5.41) is 9.32. The summed E-state index contributed by atoms with van der Waals surface area (Å²) in [5.41, 5.74) is 0.543. The second-order valence-electron chi connectivity index (χ2n) is 6.38. The number of anilines is 1. The van der Waals surface area contributed by atoms with E-state index >= 15 is 0 Å². The van der Waals surface area contributed by atoms with E-state index in [2.05, 4.69) is 15.0 Å². The van der Waals surface area contributed by atoms with E-state index < -0.39 is 11.4 Å². The topological polar surface area (TPSA) is 99.2 Å². The molecule has 1 unspecified atom stereocenters. The molecule has 3 heterocycles. The van der Waals surface area contributed by atoms with Crippen LogP contribution < -0.4 is 10.5 Å². The van der Waals surface area contributed by atoms with Crippen LogP contribution in [0.25, 0.3) is 11.4 Å². The SMILES string of the molecule is CCc1cc(=O)[nH]c(-c2ccc(N3CCC(C)(C(=O)O)C3)nc2)n1. The highest BCUT2D eigenvalue weighted by atomic mass is 16.4. The zero-order valence-corrected chi connectivity index (χ0v) is 13.7. The molecule has 1 aliphatic heterocycles. The van der Waals surface area contributed by atoms with Gasteiger partial charge in [-0.1, -0.05) is 6.92 Å². The van der Waals surface area contributed by atoms with Crippen molar-refractivity contribution in [3.63, 3.8) is 0 Å². The molecule has 1 fully saturated rings. The molecule has 7 nitrogen and oxygen atoms in total. The van der Waals surface area contributed by atoms with Gasteiger partial charge in [0.05, 0.1) is 5.41 Å². The van der Waals surface area contributed by atoms with E-state index in [1.54, 1.807) is 13.1 Å². The molecule has 1 aliphatic rings. The Morgan fingerprint density at radius 1 is 1.46 bits per heavy atom. The normalized spacial score (nSPS) is 20.3. The minimum Gasteiger partial charge on any atom is -0.481 e. The first kappa shape index (κ1) is 16.2. The molecule has 1 saturated heterocycles. The predicted octanol–water partition coefficient (Wildman–Crippen LogP) is 1.70. The number of hydrogen-bond acceptors (Lipinski definition) is 5. The summed E-state index contributed by atoms with van der Waals surface area (Å²) in [6, 6.07) is 5.17. The van der Waals surface area contributed by atoms with Crippen molar-refractivity contribution in [3.8, 4) is 11.4 Å². The van der Waals surface area contributed by atoms with Gasteiger partial charge in [-0.3, -0.25) is 9.59 Å². The quantitative estimate of drug-likeness (QED) is 0.886. The van der Waals surface area contributed by atoms with Crippen LogP contribution in [0.15, 0.2) is 29.2 Å². The van der Waals surface area contributed by atoms with E-state index in [0.29, 0.717) is 31.8 Å². The molecule has 0 spiro atoms. The second kappa shape index (κ2) is 6.07. The number of rotatable bonds is 4. The molecule has 126 valence electrons. The Bertz CT molecular complexity index is 815. The summed E-state index contributed by atoms with van der Waals surface area (Å²) in [6.45, 7) is 4.80. The molecule has 0 amide bonds. The van der Waals surface area contributed by atoms with Crippen molar-refractivity contribution in [2.24, 2.45) is 5.41 Å². The lowest BCUT2D eigenvalue weighted by molar-refractivity contribution is -0.146. The van der Waals surface area contributed by atoms with Crippen LogP contribution in [-0.2, 0) is 11.2 Å². The second-order valence-corrected chi connectivity index (χ2v) is 6.38. The average Bonchev–Trinajstić information content (AvgIpc) is 2.98. The number of aromatic amines is 1. The Hall–Kier alpha value is -2.70. The molecule has 0 saturated carbocycles. The molecule has 24 heavy (non-hydrogen) atoms. The number of carbonyl (C=O) groups is 1. The summed E-state index contributed by atoms with van der Waals surface area (Å²) in [5.74, 6) is 0.452. The fourth-order valence-electron chi connectivity index (χ4n) is 2.87. The minimum absolute atomic E-state index is 0.183. The van der Waals surface area contributed by atoms with Crippen LogP contribution in [0.2, 0.25) is 0 Å². The van der Waals surface area contributed by atoms with Gasteiger partial charge in [-0.2, -0.15) is 0 Å². The third-order valence-electron chi connectivity index (χ3n) is 4.49. The van der Waals surface area contributed by atoms with Gasteiger partial charge in [0.1, 0.15) is 11.6 Å². The number of aryl methyl sites for hydroxylation is 1. The van der Waals surface area contributed by atoms with Crippen LogP contribution in [0.5, 0.6) is 0 Å². The van der Waals surface area contributed by atoms with E-state index in [1.165, 1.54) is 6.07 Å². The smallest absolute Gasteiger partial charge is 0.311 e. The molecule has 0 bridgehead atoms. The largest absolute Gasteiger partial charge is 0.481 e. The molecule has 7 heteroatoms. The number of aromatic nitrogens is 3. The van der Waals surface area contributed by atoms with Gasteiger partial charge >= 0.3 is 5.97 Å². The molecule has 1 atom stereocenters. The number of aliphatic carboxylic acids is 1. The number of nitrogens with zero attached hydrogens (tertiary/aromatic N) is 3. The highest BCUT2D eigenvalue weighted by molar-refractivity contribution is 5.76. The zero-order chi connectivity index (χ0) is 17.3. The van der Waals surface area contributed by atoms with Gasteiger partial charge in [-0.05, 0) is 31.9 Å². The Labute approximate surface area is 139 Å². The first-order chi connectivity index (χ1) is 11.4. The van der Waals surface area contributed by atoms with Crippen molar-refractivity contribution < 1.29 is 9.90 Å². The van der Waals surface area contributed by atoms with E-state index in [1.807, 2.05) is 24.0 Å². The monoisotopic (exact) mass is 328 g/mol. The lowest BCUT2D eigenvalue weighted by Gasteiger charge is -2.21. The molecule has 2 aromatic heterocycles. The van der Waals surface area contributed by atoms with Crippen molar-refractivity contribution in [1.82, 2.24) is 15.0 Å². The standard InChI is InChI=1S/C17H20N4O3/c1-3-12-8-14(22)20-15(19-12)11-4-5-13(18-9-11)21-7-6-17(2,10-21)16(23)24/h4-5,8-9H,3,6-7,10H2,1-2H3,(H,23,24)(H,19,20,22). The molecule has 3 rings (SSSR count). The number of pyridine rings is 1. The Morgan fingerprint density at radius 3 is 2.83 bits per heavy atom. The molecular weight excluding hydrogens is 308 g/mol. The van der Waals surface area contributed by atoms with E-state index in [-0.39, 0.29) is 5.56 Å². The van der Waals surface area contributed by atoms with E-state index in [4.69, 9.17) is 0 Å². The fraction of sp³-hybridized carbons (Fsp3) is 0.412. The molecule has 2 N–H and O–H groups in total. The van der Waals surface area contributed by atoms with E-state index in [9.17, 15) is 14.7 Å². The molecule has 0 aliphatic carbocycles. The summed E-state index contributed by atoms with van der Waals surface area (Å²) in [6.07, 6.45) is 2.94. The third kappa shape index (κ3) is 3.02. The highest BCUT2D eigenvalue weighted by Gasteiger charge is 2.40.